The predicted molar refractivity (Wildman–Crippen MR) is 86.4 cm³/mol. The van der Waals surface area contributed by atoms with Crippen LogP contribution < -0.4 is 4.72 Å². The molecule has 0 aliphatic heterocycles. The van der Waals surface area contributed by atoms with Crippen molar-refractivity contribution in [2.75, 3.05) is 4.72 Å². The van der Waals surface area contributed by atoms with Crippen molar-refractivity contribution in [3.8, 4) is 0 Å². The fourth-order valence-corrected chi connectivity index (χ4v) is 3.70. The number of anilines is 1. The van der Waals surface area contributed by atoms with Crippen LogP contribution in [0, 0.1) is 9.39 Å². The van der Waals surface area contributed by atoms with Gasteiger partial charge in [0.1, 0.15) is 10.7 Å². The number of rotatable bonds is 3. The van der Waals surface area contributed by atoms with Crippen molar-refractivity contribution in [3.63, 3.8) is 0 Å². The molecule has 0 radical (unpaired) electrons. The summed E-state index contributed by atoms with van der Waals surface area (Å²) in [7, 11) is -4.49. The molecule has 0 bridgehead atoms. The molecule has 0 heterocycles. The Balaban J connectivity index is 2.47. The van der Waals surface area contributed by atoms with E-state index in [1.54, 1.807) is 0 Å². The molecule has 23 heavy (non-hydrogen) atoms. The van der Waals surface area contributed by atoms with E-state index in [4.69, 9.17) is 11.6 Å². The zero-order valence-electron chi connectivity index (χ0n) is 11.0. The topological polar surface area (TPSA) is 46.2 Å². The summed E-state index contributed by atoms with van der Waals surface area (Å²) in [6.07, 6.45) is -4.73. The molecule has 3 nitrogen and oxygen atoms in total. The molecule has 0 saturated heterocycles. The molecule has 124 valence electrons. The Kier molecular flexibility index (Phi) is 5.12. The Labute approximate surface area is 147 Å². The minimum absolute atomic E-state index is 0.390. The molecule has 2 aromatic carbocycles. The van der Waals surface area contributed by atoms with Gasteiger partial charge < -0.3 is 0 Å². The van der Waals surface area contributed by atoms with Crippen LogP contribution in [0.3, 0.4) is 0 Å². The third kappa shape index (κ3) is 4.27. The summed E-state index contributed by atoms with van der Waals surface area (Å²) in [5, 5.41) is -0.406. The maximum atomic E-state index is 13.7. The second-order valence-corrected chi connectivity index (χ2v) is 7.68. The van der Waals surface area contributed by atoms with Gasteiger partial charge in [-0.1, -0.05) is 11.6 Å². The quantitative estimate of drug-likeness (QED) is 0.503. The van der Waals surface area contributed by atoms with Gasteiger partial charge in [-0.2, -0.15) is 13.2 Å². The summed E-state index contributed by atoms with van der Waals surface area (Å²) < 4.78 is 78.7. The van der Waals surface area contributed by atoms with Gasteiger partial charge in [0.2, 0.25) is 0 Å². The first-order valence-corrected chi connectivity index (χ1v) is 8.79. The molecule has 2 rings (SSSR count). The number of halogens is 6. The molecule has 10 heteroatoms. The monoisotopic (exact) mass is 479 g/mol. The van der Waals surface area contributed by atoms with Crippen molar-refractivity contribution >= 4 is 49.9 Å². The molecule has 0 aliphatic carbocycles. The molecule has 0 unspecified atom stereocenters. The molecule has 0 aliphatic rings. The fraction of sp³-hybridized carbons (Fsp3) is 0.0769. The number of sulfonamides is 1. The summed E-state index contributed by atoms with van der Waals surface area (Å²) in [6.45, 7) is 0. The maximum absolute atomic E-state index is 13.7. The van der Waals surface area contributed by atoms with Gasteiger partial charge in [-0.15, -0.1) is 0 Å². The third-order valence-corrected chi connectivity index (χ3v) is 5.24. The molecule has 0 spiro atoms. The number of benzene rings is 2. The Morgan fingerprint density at radius 3 is 2.30 bits per heavy atom. The van der Waals surface area contributed by atoms with Crippen molar-refractivity contribution in [1.82, 2.24) is 0 Å². The van der Waals surface area contributed by atoms with Crippen molar-refractivity contribution in [2.45, 2.75) is 11.1 Å². The van der Waals surface area contributed by atoms with E-state index < -0.39 is 37.5 Å². The highest BCUT2D eigenvalue weighted by Crippen LogP contribution is 2.34. The Hall–Kier alpha value is -1.07. The lowest BCUT2D eigenvalue weighted by atomic mass is 10.2. The normalized spacial score (nSPS) is 12.3. The van der Waals surface area contributed by atoms with Gasteiger partial charge in [0, 0.05) is 3.57 Å². The molecule has 1 N–H and O–H groups in total. The lowest BCUT2D eigenvalue weighted by molar-refractivity contribution is -0.137. The third-order valence-electron chi connectivity index (χ3n) is 2.72. The van der Waals surface area contributed by atoms with Crippen molar-refractivity contribution in [1.29, 1.82) is 0 Å². The number of alkyl halides is 3. The molecule has 0 atom stereocenters. The smallest absolute Gasteiger partial charge is 0.277 e. The Morgan fingerprint density at radius 1 is 1.09 bits per heavy atom. The maximum Gasteiger partial charge on any atom is 0.416 e. The molecule has 2 aromatic rings. The molecule has 0 amide bonds. The second kappa shape index (κ2) is 6.44. The minimum atomic E-state index is -4.73. The lowest BCUT2D eigenvalue weighted by Gasteiger charge is -2.13. The number of hydrogen-bond acceptors (Lipinski definition) is 2. The molecular formula is C13H7ClF4INO2S. The summed E-state index contributed by atoms with van der Waals surface area (Å²) >= 11 is 7.51. The minimum Gasteiger partial charge on any atom is -0.277 e. The molecular weight excluding hydrogens is 473 g/mol. The van der Waals surface area contributed by atoms with Gasteiger partial charge in [-0.25, -0.2) is 12.8 Å². The van der Waals surface area contributed by atoms with Crippen LogP contribution in [0.4, 0.5) is 23.2 Å². The van der Waals surface area contributed by atoms with Gasteiger partial charge in [0.25, 0.3) is 10.0 Å². The zero-order chi connectivity index (χ0) is 17.4. The largest absolute Gasteiger partial charge is 0.416 e. The van der Waals surface area contributed by atoms with E-state index in [-0.39, 0.29) is 5.69 Å². The fourth-order valence-electron chi connectivity index (χ4n) is 1.66. The van der Waals surface area contributed by atoms with Crippen LogP contribution >= 0.6 is 34.2 Å². The van der Waals surface area contributed by atoms with Gasteiger partial charge in [-0.05, 0) is 59.0 Å². The summed E-state index contributed by atoms with van der Waals surface area (Å²) in [5.41, 5.74) is -1.57. The average Bonchev–Trinajstić information content (AvgIpc) is 2.41. The highest BCUT2D eigenvalue weighted by molar-refractivity contribution is 14.1. The standard InChI is InChI=1S/C13H7ClF4INO2S/c14-9-3-1-7(13(16,17)18)5-12(9)23(21,22)20-11-4-2-8(19)6-10(11)15/h1-6,20H. The van der Waals surface area contributed by atoms with E-state index in [1.807, 2.05) is 27.3 Å². The van der Waals surface area contributed by atoms with E-state index in [2.05, 4.69) is 0 Å². The van der Waals surface area contributed by atoms with Gasteiger partial charge in [-0.3, -0.25) is 4.72 Å². The van der Waals surface area contributed by atoms with Crippen LogP contribution in [-0.4, -0.2) is 8.42 Å². The van der Waals surface area contributed by atoms with Crippen LogP contribution in [0.25, 0.3) is 0 Å². The van der Waals surface area contributed by atoms with E-state index in [1.165, 1.54) is 6.07 Å². The summed E-state index contributed by atoms with van der Waals surface area (Å²) in [6, 6.07) is 5.56. The number of hydrogen-bond donors (Lipinski definition) is 1. The summed E-state index contributed by atoms with van der Waals surface area (Å²) in [5.74, 6) is -0.858. The first-order valence-electron chi connectivity index (χ1n) is 5.85. The highest BCUT2D eigenvalue weighted by atomic mass is 127. The van der Waals surface area contributed by atoms with Crippen molar-refractivity contribution < 1.29 is 26.0 Å². The van der Waals surface area contributed by atoms with Crippen LogP contribution in [0.1, 0.15) is 5.56 Å². The lowest BCUT2D eigenvalue weighted by Crippen LogP contribution is -2.16. The van der Waals surface area contributed by atoms with Gasteiger partial charge in [0.05, 0.1) is 16.3 Å². The Bertz CT molecular complexity index is 856. The van der Waals surface area contributed by atoms with Crippen LogP contribution in [-0.2, 0) is 16.2 Å². The number of nitrogens with one attached hydrogen (secondary N) is 1. The van der Waals surface area contributed by atoms with Crippen LogP contribution in [0.2, 0.25) is 5.02 Å². The first-order chi connectivity index (χ1) is 10.5. The van der Waals surface area contributed by atoms with Gasteiger partial charge >= 0.3 is 6.18 Å². The predicted octanol–water partition coefficient (Wildman–Crippen LogP) is 4.90. The van der Waals surface area contributed by atoms with E-state index in [0.717, 1.165) is 18.2 Å². The highest BCUT2D eigenvalue weighted by Gasteiger charge is 2.33. The SMILES string of the molecule is O=S(=O)(Nc1ccc(I)cc1F)c1cc(C(F)(F)F)ccc1Cl. The van der Waals surface area contributed by atoms with E-state index in [9.17, 15) is 26.0 Å². The summed E-state index contributed by atoms with van der Waals surface area (Å²) in [4.78, 5) is -0.785. The van der Waals surface area contributed by atoms with Gasteiger partial charge in [0.15, 0.2) is 0 Å². The van der Waals surface area contributed by atoms with Crippen LogP contribution in [0.5, 0.6) is 0 Å². The van der Waals surface area contributed by atoms with E-state index in [0.29, 0.717) is 15.7 Å². The molecule has 0 saturated carbocycles. The first kappa shape index (κ1) is 18.3. The van der Waals surface area contributed by atoms with E-state index >= 15 is 0 Å². The Morgan fingerprint density at radius 2 is 1.74 bits per heavy atom. The molecule has 0 fully saturated rings. The van der Waals surface area contributed by atoms with Crippen molar-refractivity contribution in [2.24, 2.45) is 0 Å². The van der Waals surface area contributed by atoms with Crippen LogP contribution in [0.15, 0.2) is 41.3 Å². The average molecular weight is 480 g/mol. The molecule has 0 aromatic heterocycles. The van der Waals surface area contributed by atoms with Crippen molar-refractivity contribution in [3.05, 3.63) is 56.4 Å². The zero-order valence-corrected chi connectivity index (χ0v) is 14.7. The second-order valence-electron chi connectivity index (χ2n) is 4.37.